The second-order valence-electron chi connectivity index (χ2n) is 9.41. The fraction of sp³-hybridized carbons (Fsp3) is 0.517. The van der Waals surface area contributed by atoms with Gasteiger partial charge in [-0.05, 0) is 45.2 Å². The van der Waals surface area contributed by atoms with E-state index in [0.29, 0.717) is 25.6 Å². The van der Waals surface area contributed by atoms with Crippen LogP contribution in [0.4, 0.5) is 4.39 Å². The number of halogens is 1. The lowest BCUT2D eigenvalue weighted by atomic mass is 10.1. The van der Waals surface area contributed by atoms with Gasteiger partial charge in [0.2, 0.25) is 6.79 Å². The van der Waals surface area contributed by atoms with Crippen molar-refractivity contribution in [1.82, 2.24) is 10.3 Å². The first-order chi connectivity index (χ1) is 18.9. The van der Waals surface area contributed by atoms with Crippen LogP contribution in [0.15, 0.2) is 36.5 Å². The molecule has 0 saturated heterocycles. The quantitative estimate of drug-likeness (QED) is 0.194. The minimum atomic E-state index is -0.930. The molecule has 0 saturated carbocycles. The number of pyridine rings is 1. The Kier molecular flexibility index (Phi) is 15.9. The summed E-state index contributed by atoms with van der Waals surface area (Å²) in [4.78, 5) is 40.0. The summed E-state index contributed by atoms with van der Waals surface area (Å²) in [6.45, 7) is 11.4. The molecule has 0 radical (unpaired) electrons. The number of carbonyl (C=O) groups is 3. The Morgan fingerprint density at radius 2 is 1.68 bits per heavy atom. The molecule has 2 aromatic rings. The maximum absolute atomic E-state index is 12.7. The van der Waals surface area contributed by atoms with Crippen molar-refractivity contribution in [2.24, 2.45) is 5.92 Å². The highest BCUT2D eigenvalue weighted by Crippen LogP contribution is 2.29. The largest absolute Gasteiger partial charge is 0.493 e. The van der Waals surface area contributed by atoms with Crippen LogP contribution in [0.3, 0.4) is 0 Å². The molecular formula is C29H43FN2O8. The number of hydrogen-bond donors (Lipinski definition) is 1. The minimum Gasteiger partial charge on any atom is -0.493 e. The van der Waals surface area contributed by atoms with E-state index in [0.717, 1.165) is 12.0 Å². The third-order valence-electron chi connectivity index (χ3n) is 5.31. The van der Waals surface area contributed by atoms with Crippen molar-refractivity contribution in [3.63, 3.8) is 0 Å². The van der Waals surface area contributed by atoms with Gasteiger partial charge in [-0.1, -0.05) is 31.5 Å². The maximum atomic E-state index is 12.7. The van der Waals surface area contributed by atoms with E-state index in [2.05, 4.69) is 24.1 Å². The van der Waals surface area contributed by atoms with Gasteiger partial charge in [0.25, 0.3) is 5.91 Å². The minimum absolute atomic E-state index is 0. The molecule has 0 aliphatic carbocycles. The third-order valence-corrected chi connectivity index (χ3v) is 5.31. The number of rotatable bonds is 14. The van der Waals surface area contributed by atoms with Crippen molar-refractivity contribution in [2.75, 3.05) is 27.1 Å². The number of hydrogen-bond acceptors (Lipinski definition) is 9. The predicted octanol–water partition coefficient (Wildman–Crippen LogP) is 4.87. The number of nitrogens with one attached hydrogen (secondary N) is 1. The van der Waals surface area contributed by atoms with E-state index in [1.807, 2.05) is 6.92 Å². The molecule has 0 fully saturated rings. The average Bonchev–Trinajstić information content (AvgIpc) is 2.90. The molecule has 0 unspecified atom stereocenters. The maximum Gasteiger partial charge on any atom is 0.328 e. The first-order valence-corrected chi connectivity index (χ1v) is 13.0. The van der Waals surface area contributed by atoms with E-state index in [-0.39, 0.29) is 30.5 Å². The standard InChI is InChI=1S/C22H34N2O8.C7H7F.H2/c1-14(2)8-11-29-12-9-15(3)32-22(27)16(4)24-21(26)19-20(31-13-30-17(5)25)18(28-6)7-10-23-19;1-6-2-4-7(8)5-3-6;/h7,10,14-16H,8-9,11-13H2,1-6H3,(H,24,26);2-5H,1H3;1H/t15-,16-;;/m0../s1. The van der Waals surface area contributed by atoms with Gasteiger partial charge in [-0.3, -0.25) is 9.59 Å². The molecule has 10 nitrogen and oxygen atoms in total. The first-order valence-electron chi connectivity index (χ1n) is 13.0. The molecule has 1 aromatic carbocycles. The normalized spacial score (nSPS) is 11.9. The van der Waals surface area contributed by atoms with Gasteiger partial charge in [-0.2, -0.15) is 0 Å². The molecule has 1 heterocycles. The number of esters is 2. The van der Waals surface area contributed by atoms with Crippen LogP contribution in [0, 0.1) is 18.7 Å². The van der Waals surface area contributed by atoms with Crippen molar-refractivity contribution >= 4 is 17.8 Å². The van der Waals surface area contributed by atoms with Gasteiger partial charge in [0.15, 0.2) is 17.2 Å². The highest BCUT2D eigenvalue weighted by atomic mass is 19.1. The highest BCUT2D eigenvalue weighted by molar-refractivity contribution is 5.98. The summed E-state index contributed by atoms with van der Waals surface area (Å²) in [7, 11) is 1.39. The molecular weight excluding hydrogens is 523 g/mol. The average molecular weight is 567 g/mol. The van der Waals surface area contributed by atoms with Crippen molar-refractivity contribution in [3.05, 3.63) is 53.6 Å². The van der Waals surface area contributed by atoms with Crippen LogP contribution < -0.4 is 14.8 Å². The van der Waals surface area contributed by atoms with Gasteiger partial charge in [-0.15, -0.1) is 0 Å². The second kappa shape index (κ2) is 18.5. The van der Waals surface area contributed by atoms with Crippen molar-refractivity contribution in [1.29, 1.82) is 0 Å². The second-order valence-corrected chi connectivity index (χ2v) is 9.41. The number of carbonyl (C=O) groups excluding carboxylic acids is 3. The van der Waals surface area contributed by atoms with E-state index in [4.69, 9.17) is 23.7 Å². The number of nitrogens with zero attached hydrogens (tertiary/aromatic N) is 1. The van der Waals surface area contributed by atoms with Crippen LogP contribution in [0.25, 0.3) is 0 Å². The molecule has 224 valence electrons. The summed E-state index contributed by atoms with van der Waals surface area (Å²) >= 11 is 0. The molecule has 40 heavy (non-hydrogen) atoms. The first kappa shape index (κ1) is 34.3. The summed E-state index contributed by atoms with van der Waals surface area (Å²) in [6, 6.07) is 6.96. The smallest absolute Gasteiger partial charge is 0.328 e. The van der Waals surface area contributed by atoms with E-state index >= 15 is 0 Å². The molecule has 0 aliphatic rings. The molecule has 0 bridgehead atoms. The van der Waals surface area contributed by atoms with Crippen LogP contribution in [-0.2, 0) is 23.8 Å². The molecule has 1 aromatic heterocycles. The zero-order chi connectivity index (χ0) is 30.1. The van der Waals surface area contributed by atoms with Crippen LogP contribution in [0.1, 0.15) is 64.9 Å². The van der Waals surface area contributed by atoms with Crippen LogP contribution >= 0.6 is 0 Å². The Balaban J connectivity index is 0.00000152. The lowest BCUT2D eigenvalue weighted by Gasteiger charge is -2.19. The number of ether oxygens (including phenoxy) is 5. The van der Waals surface area contributed by atoms with Gasteiger partial charge in [0, 0.05) is 33.6 Å². The summed E-state index contributed by atoms with van der Waals surface area (Å²) in [5, 5.41) is 2.53. The lowest BCUT2D eigenvalue weighted by Crippen LogP contribution is -2.41. The molecule has 1 N–H and O–H groups in total. The van der Waals surface area contributed by atoms with Gasteiger partial charge >= 0.3 is 11.9 Å². The third kappa shape index (κ3) is 13.9. The summed E-state index contributed by atoms with van der Waals surface area (Å²) in [5.74, 6) is -1.19. The topological polar surface area (TPSA) is 122 Å². The molecule has 2 rings (SSSR count). The van der Waals surface area contributed by atoms with E-state index < -0.39 is 30.7 Å². The van der Waals surface area contributed by atoms with Crippen molar-refractivity contribution in [2.45, 2.75) is 66.5 Å². The Morgan fingerprint density at radius 3 is 2.25 bits per heavy atom. The number of amides is 1. The highest BCUT2D eigenvalue weighted by Gasteiger charge is 2.25. The lowest BCUT2D eigenvalue weighted by molar-refractivity contribution is -0.151. The Hall–Kier alpha value is -3.73. The molecule has 11 heteroatoms. The summed E-state index contributed by atoms with van der Waals surface area (Å²) in [6.07, 6.45) is 2.52. The van der Waals surface area contributed by atoms with Crippen molar-refractivity contribution in [3.8, 4) is 11.5 Å². The molecule has 1 amide bonds. The number of methoxy groups -OCH3 is 1. The number of aromatic nitrogens is 1. The fourth-order valence-corrected chi connectivity index (χ4v) is 2.95. The zero-order valence-corrected chi connectivity index (χ0v) is 24.3. The predicted molar refractivity (Wildman–Crippen MR) is 149 cm³/mol. The zero-order valence-electron chi connectivity index (χ0n) is 24.3. The molecule has 0 aliphatic heterocycles. The Bertz CT molecular complexity index is 1050. The van der Waals surface area contributed by atoms with E-state index in [9.17, 15) is 18.8 Å². The Labute approximate surface area is 237 Å². The van der Waals surface area contributed by atoms with E-state index in [1.165, 1.54) is 45.4 Å². The van der Waals surface area contributed by atoms with Crippen molar-refractivity contribution < 1.29 is 43.9 Å². The SMILES string of the molecule is COc1ccnc(C(=O)N[C@@H](C)C(=O)O[C@@H](C)CCOCCC(C)C)c1OCOC(C)=O.Cc1ccc(F)cc1.[HH]. The number of aryl methyl sites for hydroxylation is 1. The van der Waals surface area contributed by atoms with Gasteiger partial charge in [-0.25, -0.2) is 14.2 Å². The monoisotopic (exact) mass is 566 g/mol. The van der Waals surface area contributed by atoms with Gasteiger partial charge in [0.05, 0.1) is 13.7 Å². The fourth-order valence-electron chi connectivity index (χ4n) is 2.95. The van der Waals surface area contributed by atoms with Gasteiger partial charge < -0.3 is 29.0 Å². The van der Waals surface area contributed by atoms with Crippen LogP contribution in [-0.4, -0.2) is 62.1 Å². The van der Waals surface area contributed by atoms with Crippen LogP contribution in [0.5, 0.6) is 11.5 Å². The summed E-state index contributed by atoms with van der Waals surface area (Å²) in [5.41, 5.74) is 0.967. The Morgan fingerprint density at radius 1 is 1.02 bits per heavy atom. The molecule has 0 spiro atoms. The van der Waals surface area contributed by atoms with E-state index in [1.54, 1.807) is 19.1 Å². The van der Waals surface area contributed by atoms with Crippen LogP contribution in [0.2, 0.25) is 0 Å². The molecule has 2 atom stereocenters. The van der Waals surface area contributed by atoms with Gasteiger partial charge in [0.1, 0.15) is 18.0 Å². The summed E-state index contributed by atoms with van der Waals surface area (Å²) < 4.78 is 38.3. The number of benzene rings is 1.